The number of anilines is 1. The third-order valence-corrected chi connectivity index (χ3v) is 6.69. The smallest absolute Gasteiger partial charge is 0.230 e. The lowest BCUT2D eigenvalue weighted by Crippen LogP contribution is -2.15. The molecule has 3 aromatic carbocycles. The Morgan fingerprint density at radius 1 is 1.07 bits per heavy atom. The summed E-state index contributed by atoms with van der Waals surface area (Å²) in [7, 11) is 0. The van der Waals surface area contributed by atoms with Crippen molar-refractivity contribution < 1.29 is 4.79 Å². The number of thiazole rings is 1. The number of aryl methyl sites for hydroxylation is 5. The van der Waals surface area contributed by atoms with Gasteiger partial charge in [-0.2, -0.15) is 0 Å². The number of carbonyl (C=O) groups excluding carboxylic acids is 1. The summed E-state index contributed by atoms with van der Waals surface area (Å²) in [6.07, 6.45) is 2.59. The van der Waals surface area contributed by atoms with Crippen molar-refractivity contribution in [3.8, 4) is 0 Å². The zero-order valence-corrected chi connectivity index (χ0v) is 17.2. The molecule has 1 aliphatic carbocycles. The number of rotatable bonds is 3. The molecule has 4 aromatic rings. The fourth-order valence-corrected chi connectivity index (χ4v) is 5.53. The monoisotopic (exact) mass is 386 g/mol. The van der Waals surface area contributed by atoms with Crippen LogP contribution in [-0.2, 0) is 24.1 Å². The first kappa shape index (κ1) is 17.4. The predicted molar refractivity (Wildman–Crippen MR) is 118 cm³/mol. The Morgan fingerprint density at radius 3 is 2.61 bits per heavy atom. The maximum Gasteiger partial charge on any atom is 0.230 e. The molecular weight excluding hydrogens is 364 g/mol. The van der Waals surface area contributed by atoms with Crippen LogP contribution in [0.25, 0.3) is 21.0 Å². The summed E-state index contributed by atoms with van der Waals surface area (Å²) in [5, 5.41) is 6.30. The zero-order valence-electron chi connectivity index (χ0n) is 16.3. The average molecular weight is 387 g/mol. The van der Waals surface area contributed by atoms with Gasteiger partial charge in [0.15, 0.2) is 5.13 Å². The third-order valence-electron chi connectivity index (χ3n) is 5.77. The van der Waals surface area contributed by atoms with Gasteiger partial charge >= 0.3 is 0 Å². The first-order chi connectivity index (χ1) is 13.5. The van der Waals surface area contributed by atoms with Gasteiger partial charge in [0.05, 0.1) is 16.6 Å². The molecule has 0 unspecified atom stereocenters. The Bertz CT molecular complexity index is 1250. The lowest BCUT2D eigenvalue weighted by atomic mass is 9.97. The van der Waals surface area contributed by atoms with E-state index in [4.69, 9.17) is 4.98 Å². The number of carbonyl (C=O) groups is 1. The number of hydrogen-bond acceptors (Lipinski definition) is 3. The van der Waals surface area contributed by atoms with Gasteiger partial charge in [-0.3, -0.25) is 4.79 Å². The Hall–Kier alpha value is -2.72. The van der Waals surface area contributed by atoms with Crippen molar-refractivity contribution >= 4 is 43.4 Å². The normalized spacial score (nSPS) is 12.8. The van der Waals surface area contributed by atoms with E-state index in [2.05, 4.69) is 62.5 Å². The van der Waals surface area contributed by atoms with Crippen molar-refractivity contribution in [2.24, 2.45) is 0 Å². The topological polar surface area (TPSA) is 42.0 Å². The molecule has 0 saturated heterocycles. The number of hydrogen-bond donors (Lipinski definition) is 1. The van der Waals surface area contributed by atoms with Gasteiger partial charge in [-0.05, 0) is 72.9 Å². The Morgan fingerprint density at radius 2 is 1.82 bits per heavy atom. The second-order valence-corrected chi connectivity index (χ2v) is 8.87. The van der Waals surface area contributed by atoms with Crippen LogP contribution in [-0.4, -0.2) is 10.9 Å². The van der Waals surface area contributed by atoms with E-state index in [1.165, 1.54) is 38.6 Å². The van der Waals surface area contributed by atoms with E-state index >= 15 is 0 Å². The van der Waals surface area contributed by atoms with Crippen LogP contribution in [0.4, 0.5) is 5.13 Å². The van der Waals surface area contributed by atoms with Crippen LogP contribution in [0.15, 0.2) is 36.4 Å². The van der Waals surface area contributed by atoms with Crippen molar-refractivity contribution in [2.75, 3.05) is 5.32 Å². The molecule has 0 fully saturated rings. The Kier molecular flexibility index (Phi) is 3.98. The average Bonchev–Trinajstić information content (AvgIpc) is 3.23. The summed E-state index contributed by atoms with van der Waals surface area (Å²) in [5.74, 6) is -0.00794. The minimum absolute atomic E-state index is 0.00794. The van der Waals surface area contributed by atoms with Crippen LogP contribution in [0, 0.1) is 20.8 Å². The summed E-state index contributed by atoms with van der Waals surface area (Å²) < 4.78 is 1.15. The van der Waals surface area contributed by atoms with Gasteiger partial charge < -0.3 is 5.32 Å². The largest absolute Gasteiger partial charge is 0.302 e. The van der Waals surface area contributed by atoms with E-state index in [9.17, 15) is 4.79 Å². The van der Waals surface area contributed by atoms with E-state index in [1.54, 1.807) is 11.3 Å². The third kappa shape index (κ3) is 2.80. The molecule has 140 valence electrons. The highest BCUT2D eigenvalue weighted by Crippen LogP contribution is 2.39. The highest BCUT2D eigenvalue weighted by Gasteiger charge is 2.19. The summed E-state index contributed by atoms with van der Waals surface area (Å²) in [5.41, 5.74) is 8.50. The fourth-order valence-electron chi connectivity index (χ4n) is 4.57. The second kappa shape index (κ2) is 6.42. The predicted octanol–water partition coefficient (Wildman–Crippen LogP) is 5.65. The molecule has 0 atom stereocenters. The van der Waals surface area contributed by atoms with Gasteiger partial charge in [0, 0.05) is 5.39 Å². The molecule has 0 spiro atoms. The molecule has 1 aromatic heterocycles. The lowest BCUT2D eigenvalue weighted by Gasteiger charge is -2.10. The van der Waals surface area contributed by atoms with E-state index in [0.29, 0.717) is 11.6 Å². The number of nitrogens with zero attached hydrogens (tertiary/aromatic N) is 1. The SMILES string of the molecule is Cc1cc(C)c(CC(=O)Nc2nc3c(cc4c5c(cccc53)CC4)s2)c(C)c1. The summed E-state index contributed by atoms with van der Waals surface area (Å²) in [6, 6.07) is 13.0. The number of nitrogens with one attached hydrogen (secondary N) is 1. The van der Waals surface area contributed by atoms with Gasteiger partial charge in [0.1, 0.15) is 0 Å². The molecule has 3 nitrogen and oxygen atoms in total. The van der Waals surface area contributed by atoms with Gasteiger partial charge in [0.25, 0.3) is 0 Å². The molecule has 0 aliphatic heterocycles. The van der Waals surface area contributed by atoms with Gasteiger partial charge in [-0.1, -0.05) is 47.2 Å². The molecule has 1 heterocycles. The molecule has 1 amide bonds. The van der Waals surface area contributed by atoms with Crippen molar-refractivity contribution in [2.45, 2.75) is 40.0 Å². The Balaban J connectivity index is 1.47. The van der Waals surface area contributed by atoms with Gasteiger partial charge in [-0.25, -0.2) is 4.98 Å². The summed E-state index contributed by atoms with van der Waals surface area (Å²) >= 11 is 1.57. The number of aromatic nitrogens is 1. The van der Waals surface area contributed by atoms with Gasteiger partial charge in [-0.15, -0.1) is 0 Å². The van der Waals surface area contributed by atoms with Crippen LogP contribution in [0.5, 0.6) is 0 Å². The molecule has 4 heteroatoms. The van der Waals surface area contributed by atoms with Crippen LogP contribution < -0.4 is 5.32 Å². The maximum absolute atomic E-state index is 12.7. The molecule has 1 N–H and O–H groups in total. The number of benzene rings is 3. The van der Waals surface area contributed by atoms with Crippen LogP contribution in [0.1, 0.15) is 33.4 Å². The van der Waals surface area contributed by atoms with E-state index < -0.39 is 0 Å². The molecule has 5 rings (SSSR count). The summed E-state index contributed by atoms with van der Waals surface area (Å²) in [6.45, 7) is 6.23. The van der Waals surface area contributed by atoms with Crippen molar-refractivity contribution in [1.29, 1.82) is 0 Å². The van der Waals surface area contributed by atoms with Gasteiger partial charge in [0.2, 0.25) is 5.91 Å². The van der Waals surface area contributed by atoms with Crippen LogP contribution in [0.2, 0.25) is 0 Å². The van der Waals surface area contributed by atoms with Crippen molar-refractivity contribution in [3.63, 3.8) is 0 Å². The number of amides is 1. The molecule has 0 bridgehead atoms. The summed E-state index contributed by atoms with van der Waals surface area (Å²) in [4.78, 5) is 17.5. The minimum Gasteiger partial charge on any atom is -0.302 e. The lowest BCUT2D eigenvalue weighted by molar-refractivity contribution is -0.115. The molecule has 28 heavy (non-hydrogen) atoms. The van der Waals surface area contributed by atoms with Crippen LogP contribution in [0.3, 0.4) is 0 Å². The van der Waals surface area contributed by atoms with E-state index in [-0.39, 0.29) is 5.91 Å². The minimum atomic E-state index is -0.00794. The Labute approximate surface area is 168 Å². The van der Waals surface area contributed by atoms with Crippen LogP contribution >= 0.6 is 11.3 Å². The fraction of sp³-hybridized carbons (Fsp3) is 0.250. The standard InChI is InChI=1S/C24H22N2OS/c1-13-9-14(2)19(15(3)10-13)12-21(27)25-24-26-23-18-6-4-5-16-7-8-17(22(16)18)11-20(23)28-24/h4-6,9-11H,7-8,12H2,1-3H3,(H,25,26,27). The molecular formula is C24H22N2OS. The zero-order chi connectivity index (χ0) is 19.4. The molecule has 0 radical (unpaired) electrons. The maximum atomic E-state index is 12.7. The molecule has 1 aliphatic rings. The number of fused-ring (bicyclic) bond motifs is 2. The van der Waals surface area contributed by atoms with E-state index in [1.807, 2.05) is 0 Å². The first-order valence-electron chi connectivity index (χ1n) is 9.70. The quantitative estimate of drug-likeness (QED) is 0.494. The molecule has 0 saturated carbocycles. The second-order valence-electron chi connectivity index (χ2n) is 7.84. The first-order valence-corrected chi connectivity index (χ1v) is 10.5. The van der Waals surface area contributed by atoms with E-state index in [0.717, 1.165) is 28.6 Å². The highest BCUT2D eigenvalue weighted by atomic mass is 32.1. The van der Waals surface area contributed by atoms with Crippen molar-refractivity contribution in [1.82, 2.24) is 4.98 Å². The highest BCUT2D eigenvalue weighted by molar-refractivity contribution is 7.22. The van der Waals surface area contributed by atoms with Crippen molar-refractivity contribution in [3.05, 3.63) is 69.8 Å².